The Balaban J connectivity index is 1.32. The van der Waals surface area contributed by atoms with E-state index in [1.807, 2.05) is 41.3 Å². The molecule has 2 aromatic heterocycles. The maximum atomic E-state index is 12.3. The summed E-state index contributed by atoms with van der Waals surface area (Å²) in [6.07, 6.45) is 2.26. The van der Waals surface area contributed by atoms with Crippen LogP contribution in [0.1, 0.15) is 16.4 Å². The number of ether oxygens (including phenoxy) is 1. The van der Waals surface area contributed by atoms with Crippen molar-refractivity contribution in [3.8, 4) is 11.3 Å². The van der Waals surface area contributed by atoms with E-state index in [0.717, 1.165) is 24.3 Å². The van der Waals surface area contributed by atoms with Crippen molar-refractivity contribution >= 4 is 11.7 Å². The molecule has 8 heteroatoms. The van der Waals surface area contributed by atoms with Crippen LogP contribution in [0.4, 0.5) is 5.82 Å². The molecule has 1 saturated heterocycles. The second kappa shape index (κ2) is 8.62. The molecule has 0 radical (unpaired) electrons. The quantitative estimate of drug-likeness (QED) is 0.699. The Bertz CT molecular complexity index is 922. The maximum absolute atomic E-state index is 12.3. The Morgan fingerprint density at radius 1 is 1.14 bits per heavy atom. The predicted octanol–water partition coefficient (Wildman–Crippen LogP) is 1.94. The van der Waals surface area contributed by atoms with Crippen LogP contribution in [-0.2, 0) is 11.2 Å². The third kappa shape index (κ3) is 4.34. The van der Waals surface area contributed by atoms with E-state index in [4.69, 9.17) is 9.26 Å². The summed E-state index contributed by atoms with van der Waals surface area (Å²) in [7, 11) is 0. The fourth-order valence-electron chi connectivity index (χ4n) is 2.98. The summed E-state index contributed by atoms with van der Waals surface area (Å²) in [6, 6.07) is 13.5. The first-order valence-corrected chi connectivity index (χ1v) is 9.24. The first-order chi connectivity index (χ1) is 13.8. The second-order valence-corrected chi connectivity index (χ2v) is 6.38. The van der Waals surface area contributed by atoms with Gasteiger partial charge in [0.2, 0.25) is 5.76 Å². The van der Waals surface area contributed by atoms with E-state index >= 15 is 0 Å². The van der Waals surface area contributed by atoms with Crippen molar-refractivity contribution in [2.75, 3.05) is 37.7 Å². The van der Waals surface area contributed by atoms with Gasteiger partial charge in [-0.05, 0) is 6.07 Å². The molecule has 144 valence electrons. The van der Waals surface area contributed by atoms with Crippen molar-refractivity contribution in [3.05, 3.63) is 60.2 Å². The molecule has 0 saturated carbocycles. The van der Waals surface area contributed by atoms with Gasteiger partial charge in [0.05, 0.1) is 18.9 Å². The third-order valence-corrected chi connectivity index (χ3v) is 4.47. The lowest BCUT2D eigenvalue weighted by Gasteiger charge is -2.25. The van der Waals surface area contributed by atoms with Crippen molar-refractivity contribution in [2.45, 2.75) is 6.42 Å². The van der Waals surface area contributed by atoms with Gasteiger partial charge in [0.25, 0.3) is 5.91 Å². The van der Waals surface area contributed by atoms with Crippen LogP contribution >= 0.6 is 0 Å². The van der Waals surface area contributed by atoms with E-state index in [2.05, 4.69) is 20.4 Å². The molecule has 28 heavy (non-hydrogen) atoms. The number of rotatable bonds is 6. The fourth-order valence-corrected chi connectivity index (χ4v) is 2.98. The second-order valence-electron chi connectivity index (χ2n) is 6.38. The standard InChI is InChI=1S/C20H21N5O3/c26-20(17-14-19(24-28-17)25-10-12-27-13-11-25)22-9-7-18-21-8-6-16(23-18)15-4-2-1-3-5-15/h1-6,8,14H,7,9-13H2,(H,22,26). The lowest BCUT2D eigenvalue weighted by atomic mass is 10.1. The van der Waals surface area contributed by atoms with Gasteiger partial charge in [-0.25, -0.2) is 9.97 Å². The van der Waals surface area contributed by atoms with Gasteiger partial charge in [-0.3, -0.25) is 4.79 Å². The van der Waals surface area contributed by atoms with Gasteiger partial charge in [-0.15, -0.1) is 0 Å². The molecule has 3 aromatic rings. The first kappa shape index (κ1) is 18.1. The van der Waals surface area contributed by atoms with E-state index < -0.39 is 0 Å². The van der Waals surface area contributed by atoms with Gasteiger partial charge in [0, 0.05) is 43.9 Å². The Morgan fingerprint density at radius 3 is 2.79 bits per heavy atom. The summed E-state index contributed by atoms with van der Waals surface area (Å²) in [5, 5.41) is 6.81. The van der Waals surface area contributed by atoms with Crippen LogP contribution in [0.15, 0.2) is 53.2 Å². The Morgan fingerprint density at radius 2 is 1.96 bits per heavy atom. The average molecular weight is 379 g/mol. The van der Waals surface area contributed by atoms with E-state index in [1.54, 1.807) is 12.3 Å². The minimum atomic E-state index is -0.300. The van der Waals surface area contributed by atoms with Gasteiger partial charge < -0.3 is 19.5 Å². The minimum Gasteiger partial charge on any atom is -0.378 e. The van der Waals surface area contributed by atoms with Crippen LogP contribution in [0, 0.1) is 0 Å². The van der Waals surface area contributed by atoms with Crippen molar-refractivity contribution < 1.29 is 14.1 Å². The largest absolute Gasteiger partial charge is 0.378 e. The summed E-state index contributed by atoms with van der Waals surface area (Å²) in [6.45, 7) is 3.18. The number of benzene rings is 1. The molecular formula is C20H21N5O3. The minimum absolute atomic E-state index is 0.195. The normalized spacial score (nSPS) is 14.1. The average Bonchev–Trinajstić information content (AvgIpc) is 3.26. The van der Waals surface area contributed by atoms with Crippen LogP contribution in [-0.4, -0.2) is 53.9 Å². The molecule has 0 atom stereocenters. The number of hydrogen-bond acceptors (Lipinski definition) is 7. The number of carbonyl (C=O) groups is 1. The first-order valence-electron chi connectivity index (χ1n) is 9.24. The zero-order valence-electron chi connectivity index (χ0n) is 15.4. The molecule has 1 aromatic carbocycles. The number of amides is 1. The Labute approximate surface area is 162 Å². The van der Waals surface area contributed by atoms with Crippen LogP contribution in [0.3, 0.4) is 0 Å². The number of nitrogens with one attached hydrogen (secondary N) is 1. The lowest BCUT2D eigenvalue weighted by molar-refractivity contribution is 0.0917. The highest BCUT2D eigenvalue weighted by molar-refractivity contribution is 5.92. The number of anilines is 1. The van der Waals surface area contributed by atoms with Gasteiger partial charge in [0.15, 0.2) is 5.82 Å². The maximum Gasteiger partial charge on any atom is 0.289 e. The third-order valence-electron chi connectivity index (χ3n) is 4.47. The summed E-state index contributed by atoms with van der Waals surface area (Å²) >= 11 is 0. The topological polar surface area (TPSA) is 93.4 Å². The van der Waals surface area contributed by atoms with E-state index in [-0.39, 0.29) is 11.7 Å². The zero-order chi connectivity index (χ0) is 19.2. The SMILES string of the molecule is O=C(NCCc1nccc(-c2ccccc2)n1)c1cc(N2CCOCC2)no1. The summed E-state index contributed by atoms with van der Waals surface area (Å²) in [5.74, 6) is 1.23. The zero-order valence-corrected chi connectivity index (χ0v) is 15.4. The molecule has 1 aliphatic heterocycles. The summed E-state index contributed by atoms with van der Waals surface area (Å²) in [4.78, 5) is 23.2. The molecule has 1 N–H and O–H groups in total. The van der Waals surface area contributed by atoms with Crippen molar-refractivity contribution in [1.29, 1.82) is 0 Å². The monoisotopic (exact) mass is 379 g/mol. The molecule has 0 aliphatic carbocycles. The highest BCUT2D eigenvalue weighted by Crippen LogP contribution is 2.16. The lowest BCUT2D eigenvalue weighted by Crippen LogP contribution is -2.36. The smallest absolute Gasteiger partial charge is 0.289 e. The molecule has 1 fully saturated rings. The van der Waals surface area contributed by atoms with Gasteiger partial charge in [-0.2, -0.15) is 0 Å². The van der Waals surface area contributed by atoms with Crippen LogP contribution in [0.25, 0.3) is 11.3 Å². The molecule has 1 amide bonds. The van der Waals surface area contributed by atoms with Crippen LogP contribution in [0.5, 0.6) is 0 Å². The number of morpholine rings is 1. The Hall–Kier alpha value is -3.26. The highest BCUT2D eigenvalue weighted by atomic mass is 16.5. The fraction of sp³-hybridized carbons (Fsp3) is 0.300. The molecule has 3 heterocycles. The Kier molecular flexibility index (Phi) is 5.58. The van der Waals surface area contributed by atoms with Crippen molar-refractivity contribution in [2.24, 2.45) is 0 Å². The summed E-state index contributed by atoms with van der Waals surface area (Å²) < 4.78 is 10.5. The molecule has 0 unspecified atom stereocenters. The molecule has 0 spiro atoms. The van der Waals surface area contributed by atoms with Crippen molar-refractivity contribution in [3.63, 3.8) is 0 Å². The molecule has 4 rings (SSSR count). The molecule has 1 aliphatic rings. The van der Waals surface area contributed by atoms with Crippen LogP contribution in [0.2, 0.25) is 0 Å². The van der Waals surface area contributed by atoms with Gasteiger partial charge >= 0.3 is 0 Å². The number of hydrogen-bond donors (Lipinski definition) is 1. The molecule has 0 bridgehead atoms. The van der Waals surface area contributed by atoms with Gasteiger partial charge in [0.1, 0.15) is 5.82 Å². The number of aromatic nitrogens is 3. The van der Waals surface area contributed by atoms with E-state index in [9.17, 15) is 4.79 Å². The number of carbonyl (C=O) groups excluding carboxylic acids is 1. The highest BCUT2D eigenvalue weighted by Gasteiger charge is 2.18. The van der Waals surface area contributed by atoms with E-state index in [1.165, 1.54) is 0 Å². The summed E-state index contributed by atoms with van der Waals surface area (Å²) in [5.41, 5.74) is 1.90. The molecular weight excluding hydrogens is 358 g/mol. The molecule has 8 nitrogen and oxygen atoms in total. The number of nitrogens with zero attached hydrogens (tertiary/aromatic N) is 4. The van der Waals surface area contributed by atoms with Crippen LogP contribution < -0.4 is 10.2 Å². The van der Waals surface area contributed by atoms with Crippen molar-refractivity contribution in [1.82, 2.24) is 20.4 Å². The van der Waals surface area contributed by atoms with E-state index in [0.29, 0.717) is 37.8 Å². The predicted molar refractivity (Wildman–Crippen MR) is 103 cm³/mol. The van der Waals surface area contributed by atoms with Gasteiger partial charge in [-0.1, -0.05) is 35.5 Å².